The van der Waals surface area contributed by atoms with Crippen molar-refractivity contribution in [3.05, 3.63) is 34.3 Å². The first-order chi connectivity index (χ1) is 6.77. The summed E-state index contributed by atoms with van der Waals surface area (Å²) in [5.41, 5.74) is 0.611. The van der Waals surface area contributed by atoms with Crippen molar-refractivity contribution in [3.63, 3.8) is 0 Å². The third-order valence-electron chi connectivity index (χ3n) is 2.42. The quantitative estimate of drug-likeness (QED) is 0.759. The highest BCUT2D eigenvalue weighted by Gasteiger charge is 2.23. The van der Waals surface area contributed by atoms with Crippen LogP contribution in [0.25, 0.3) is 0 Å². The van der Waals surface area contributed by atoms with Gasteiger partial charge in [0.25, 0.3) is 0 Å². The van der Waals surface area contributed by atoms with E-state index >= 15 is 0 Å². The second-order valence-electron chi connectivity index (χ2n) is 3.44. The van der Waals surface area contributed by atoms with E-state index in [1.54, 1.807) is 6.07 Å². The lowest BCUT2D eigenvalue weighted by Gasteiger charge is -2.25. The smallest absolute Gasteiger partial charge is 0.339 e. The summed E-state index contributed by atoms with van der Waals surface area (Å²) in [5.74, 6) is -0.220. The number of ether oxygens (including phenoxy) is 1. The number of rotatable bonds is 2. The molecule has 0 radical (unpaired) electrons. The van der Waals surface area contributed by atoms with Gasteiger partial charge < -0.3 is 4.74 Å². The molecule has 0 N–H and O–H groups in total. The number of halogens is 1. The first-order valence-corrected chi connectivity index (χ1v) is 5.52. The van der Waals surface area contributed by atoms with Crippen molar-refractivity contribution in [3.8, 4) is 0 Å². The van der Waals surface area contributed by atoms with Gasteiger partial charge in [-0.25, -0.2) is 4.79 Å². The third-order valence-corrected chi connectivity index (χ3v) is 3.11. The zero-order chi connectivity index (χ0) is 9.97. The Kier molecular flexibility index (Phi) is 2.87. The molecule has 3 heteroatoms. The van der Waals surface area contributed by atoms with Gasteiger partial charge in [0.2, 0.25) is 0 Å². The standard InChI is InChI=1S/C11H11BrO2/c12-10-7-2-1-6-9(10)11(13)14-8-4-3-5-8/h1-2,6-8H,3-5H2. The summed E-state index contributed by atoms with van der Waals surface area (Å²) in [5, 5.41) is 0. The van der Waals surface area contributed by atoms with Crippen LogP contribution in [0.5, 0.6) is 0 Å². The highest BCUT2D eigenvalue weighted by molar-refractivity contribution is 9.10. The lowest BCUT2D eigenvalue weighted by molar-refractivity contribution is 0.00891. The molecule has 1 aliphatic carbocycles. The molecule has 2 nitrogen and oxygen atoms in total. The van der Waals surface area contributed by atoms with E-state index in [-0.39, 0.29) is 12.1 Å². The fourth-order valence-electron chi connectivity index (χ4n) is 1.33. The Balaban J connectivity index is 2.06. The second kappa shape index (κ2) is 4.13. The molecule has 2 rings (SSSR count). The van der Waals surface area contributed by atoms with E-state index in [1.165, 1.54) is 6.42 Å². The summed E-state index contributed by atoms with van der Waals surface area (Å²) in [6, 6.07) is 7.33. The monoisotopic (exact) mass is 254 g/mol. The largest absolute Gasteiger partial charge is 0.459 e. The number of esters is 1. The highest BCUT2D eigenvalue weighted by atomic mass is 79.9. The van der Waals surface area contributed by atoms with Crippen molar-refractivity contribution in [2.24, 2.45) is 0 Å². The maximum absolute atomic E-state index is 11.6. The molecule has 14 heavy (non-hydrogen) atoms. The average Bonchev–Trinajstić information content (AvgIpc) is 2.12. The van der Waals surface area contributed by atoms with Crippen LogP contribution >= 0.6 is 15.9 Å². The van der Waals surface area contributed by atoms with Gasteiger partial charge in [-0.3, -0.25) is 0 Å². The van der Waals surface area contributed by atoms with Gasteiger partial charge in [-0.1, -0.05) is 12.1 Å². The van der Waals surface area contributed by atoms with Gasteiger partial charge in [0.05, 0.1) is 5.56 Å². The third kappa shape index (κ3) is 1.98. The van der Waals surface area contributed by atoms with E-state index in [1.807, 2.05) is 18.2 Å². The molecule has 74 valence electrons. The summed E-state index contributed by atoms with van der Waals surface area (Å²) >= 11 is 3.33. The Morgan fingerprint density at radius 2 is 2.07 bits per heavy atom. The maximum Gasteiger partial charge on any atom is 0.339 e. The van der Waals surface area contributed by atoms with E-state index in [0.29, 0.717) is 5.56 Å². The van der Waals surface area contributed by atoms with E-state index in [2.05, 4.69) is 15.9 Å². The van der Waals surface area contributed by atoms with Gasteiger partial charge in [-0.05, 0) is 47.3 Å². The Bertz CT molecular complexity index is 345. The first-order valence-electron chi connectivity index (χ1n) is 4.73. The second-order valence-corrected chi connectivity index (χ2v) is 4.29. The summed E-state index contributed by atoms with van der Waals surface area (Å²) in [7, 11) is 0. The highest BCUT2D eigenvalue weighted by Crippen LogP contribution is 2.24. The van der Waals surface area contributed by atoms with E-state index in [9.17, 15) is 4.79 Å². The van der Waals surface area contributed by atoms with E-state index in [0.717, 1.165) is 17.3 Å². The minimum absolute atomic E-state index is 0.148. The van der Waals surface area contributed by atoms with E-state index in [4.69, 9.17) is 4.74 Å². The fourth-order valence-corrected chi connectivity index (χ4v) is 1.78. The van der Waals surface area contributed by atoms with Crippen molar-refractivity contribution in [1.29, 1.82) is 0 Å². The SMILES string of the molecule is O=C(OC1CCC1)c1ccccc1Br. The number of hydrogen-bond donors (Lipinski definition) is 0. The Morgan fingerprint density at radius 3 is 2.64 bits per heavy atom. The molecule has 0 heterocycles. The zero-order valence-electron chi connectivity index (χ0n) is 7.70. The molecule has 0 amide bonds. The molecule has 1 fully saturated rings. The van der Waals surface area contributed by atoms with Crippen LogP contribution < -0.4 is 0 Å². The fraction of sp³-hybridized carbons (Fsp3) is 0.364. The van der Waals surface area contributed by atoms with Crippen LogP contribution in [0.3, 0.4) is 0 Å². The lowest BCUT2D eigenvalue weighted by Crippen LogP contribution is -2.25. The molecule has 1 saturated carbocycles. The van der Waals surface area contributed by atoms with Crippen LogP contribution in [-0.2, 0) is 4.74 Å². The Hall–Kier alpha value is -0.830. The molecule has 1 aromatic rings. The normalized spacial score (nSPS) is 16.1. The van der Waals surface area contributed by atoms with Crippen molar-refractivity contribution >= 4 is 21.9 Å². The predicted octanol–water partition coefficient (Wildman–Crippen LogP) is 3.16. The Morgan fingerprint density at radius 1 is 1.36 bits per heavy atom. The van der Waals surface area contributed by atoms with Gasteiger partial charge >= 0.3 is 5.97 Å². The van der Waals surface area contributed by atoms with Crippen molar-refractivity contribution < 1.29 is 9.53 Å². The minimum atomic E-state index is -0.220. The molecule has 0 saturated heterocycles. The summed E-state index contributed by atoms with van der Waals surface area (Å²) < 4.78 is 6.08. The first kappa shape index (κ1) is 9.71. The van der Waals surface area contributed by atoms with Gasteiger partial charge in [-0.2, -0.15) is 0 Å². The summed E-state index contributed by atoms with van der Waals surface area (Å²) in [6.07, 6.45) is 3.34. The van der Waals surface area contributed by atoms with Gasteiger partial charge in [0, 0.05) is 4.47 Å². The van der Waals surface area contributed by atoms with Crippen LogP contribution in [0.4, 0.5) is 0 Å². The molecule has 1 aromatic carbocycles. The average molecular weight is 255 g/mol. The molecule has 0 aromatic heterocycles. The molecular weight excluding hydrogens is 244 g/mol. The van der Waals surface area contributed by atoms with Gasteiger partial charge in [0.1, 0.15) is 6.10 Å². The van der Waals surface area contributed by atoms with Crippen LogP contribution in [0.2, 0.25) is 0 Å². The molecule has 0 bridgehead atoms. The molecule has 0 aliphatic heterocycles. The number of carbonyl (C=O) groups excluding carboxylic acids is 1. The van der Waals surface area contributed by atoms with Crippen LogP contribution in [0.15, 0.2) is 28.7 Å². The number of hydrogen-bond acceptors (Lipinski definition) is 2. The Labute approximate surface area is 91.4 Å². The van der Waals surface area contributed by atoms with Crippen LogP contribution in [0.1, 0.15) is 29.6 Å². The van der Waals surface area contributed by atoms with Crippen molar-refractivity contribution in [1.82, 2.24) is 0 Å². The minimum Gasteiger partial charge on any atom is -0.459 e. The maximum atomic E-state index is 11.6. The topological polar surface area (TPSA) is 26.3 Å². The van der Waals surface area contributed by atoms with Crippen LogP contribution in [0, 0.1) is 0 Å². The molecule has 1 aliphatic rings. The molecule has 0 spiro atoms. The van der Waals surface area contributed by atoms with Crippen molar-refractivity contribution in [2.45, 2.75) is 25.4 Å². The van der Waals surface area contributed by atoms with Gasteiger partial charge in [-0.15, -0.1) is 0 Å². The predicted molar refractivity (Wildman–Crippen MR) is 57.2 cm³/mol. The summed E-state index contributed by atoms with van der Waals surface area (Å²) in [4.78, 5) is 11.6. The van der Waals surface area contributed by atoms with Gasteiger partial charge in [0.15, 0.2) is 0 Å². The zero-order valence-corrected chi connectivity index (χ0v) is 9.29. The van der Waals surface area contributed by atoms with Crippen LogP contribution in [-0.4, -0.2) is 12.1 Å². The molecule has 0 unspecified atom stereocenters. The lowest BCUT2D eigenvalue weighted by atomic mass is 9.96. The van der Waals surface area contributed by atoms with Crippen molar-refractivity contribution in [2.75, 3.05) is 0 Å². The molecule has 0 atom stereocenters. The van der Waals surface area contributed by atoms with E-state index < -0.39 is 0 Å². The summed E-state index contributed by atoms with van der Waals surface area (Å²) in [6.45, 7) is 0. The molecular formula is C11H11BrO2. The number of benzene rings is 1. The number of carbonyl (C=O) groups is 1.